The Balaban J connectivity index is 1.38. The van der Waals surface area contributed by atoms with E-state index in [4.69, 9.17) is 4.42 Å². The van der Waals surface area contributed by atoms with Crippen LogP contribution < -0.4 is 10.6 Å². The van der Waals surface area contributed by atoms with E-state index >= 15 is 0 Å². The van der Waals surface area contributed by atoms with Crippen molar-refractivity contribution >= 4 is 28.4 Å². The number of non-ortho nitro benzene ring substituents is 1. The second kappa shape index (κ2) is 9.42. The van der Waals surface area contributed by atoms with Gasteiger partial charge in [0.2, 0.25) is 5.89 Å². The molecule has 4 aromatic rings. The van der Waals surface area contributed by atoms with E-state index in [2.05, 4.69) is 26.6 Å². The molecule has 1 aromatic heterocycles. The molecule has 1 fully saturated rings. The van der Waals surface area contributed by atoms with Crippen LogP contribution in [0.1, 0.15) is 15.9 Å². The number of nitro benzene ring substituents is 1. The predicted molar refractivity (Wildman–Crippen MR) is 129 cm³/mol. The number of benzene rings is 3. The number of piperazine rings is 1. The maximum atomic E-state index is 12.7. The Kier molecular flexibility index (Phi) is 6.03. The third-order valence-electron chi connectivity index (χ3n) is 5.81. The molecular weight excluding hydrogens is 434 g/mol. The number of amides is 1. The first-order valence-electron chi connectivity index (χ1n) is 11.0. The van der Waals surface area contributed by atoms with E-state index in [0.29, 0.717) is 28.3 Å². The minimum Gasteiger partial charge on any atom is -0.436 e. The Labute approximate surface area is 195 Å². The molecule has 1 aliphatic heterocycles. The number of hydrogen-bond donors (Lipinski definition) is 2. The second-order valence-electron chi connectivity index (χ2n) is 8.15. The topological polar surface area (TPSA) is 114 Å². The van der Waals surface area contributed by atoms with Crippen LogP contribution in [0.2, 0.25) is 0 Å². The third kappa shape index (κ3) is 4.66. The lowest BCUT2D eigenvalue weighted by molar-refractivity contribution is -0.384. The third-order valence-corrected chi connectivity index (χ3v) is 5.81. The first kappa shape index (κ1) is 21.7. The SMILES string of the molecule is O=C(Nc1ccccc1-c1nc2ccc(CN3CCNCC3)cc2o1)c1ccc([N+](=O)[O-])cc1. The number of hydrogen-bond acceptors (Lipinski definition) is 7. The van der Waals surface area contributed by atoms with E-state index in [1.807, 2.05) is 30.3 Å². The highest BCUT2D eigenvalue weighted by Crippen LogP contribution is 2.31. The molecule has 0 saturated carbocycles. The summed E-state index contributed by atoms with van der Waals surface area (Å²) in [5.74, 6) is 0.0330. The Morgan fingerprint density at radius 1 is 1.09 bits per heavy atom. The van der Waals surface area contributed by atoms with Gasteiger partial charge in [0, 0.05) is 50.4 Å². The van der Waals surface area contributed by atoms with Gasteiger partial charge < -0.3 is 15.1 Å². The first-order valence-corrected chi connectivity index (χ1v) is 11.0. The summed E-state index contributed by atoms with van der Waals surface area (Å²) in [6, 6.07) is 18.8. The van der Waals surface area contributed by atoms with E-state index in [9.17, 15) is 14.9 Å². The van der Waals surface area contributed by atoms with Crippen molar-refractivity contribution in [3.63, 3.8) is 0 Å². The molecule has 1 aliphatic rings. The van der Waals surface area contributed by atoms with Crippen LogP contribution in [0.15, 0.2) is 71.1 Å². The van der Waals surface area contributed by atoms with Crippen molar-refractivity contribution in [2.24, 2.45) is 0 Å². The molecule has 9 nitrogen and oxygen atoms in total. The van der Waals surface area contributed by atoms with Crippen LogP contribution >= 0.6 is 0 Å². The molecule has 0 unspecified atom stereocenters. The maximum absolute atomic E-state index is 12.7. The largest absolute Gasteiger partial charge is 0.436 e. The fraction of sp³-hybridized carbons (Fsp3) is 0.200. The van der Waals surface area contributed by atoms with Gasteiger partial charge in [0.15, 0.2) is 5.58 Å². The van der Waals surface area contributed by atoms with Gasteiger partial charge in [-0.1, -0.05) is 18.2 Å². The Morgan fingerprint density at radius 2 is 1.85 bits per heavy atom. The van der Waals surface area contributed by atoms with Crippen molar-refractivity contribution in [2.75, 3.05) is 31.5 Å². The number of aromatic nitrogens is 1. The van der Waals surface area contributed by atoms with Crippen LogP contribution in [-0.4, -0.2) is 46.9 Å². The molecule has 0 spiro atoms. The van der Waals surface area contributed by atoms with Crippen molar-refractivity contribution in [3.8, 4) is 11.5 Å². The average Bonchev–Trinajstić information content (AvgIpc) is 3.28. The lowest BCUT2D eigenvalue weighted by Crippen LogP contribution is -2.42. The van der Waals surface area contributed by atoms with Crippen molar-refractivity contribution in [1.29, 1.82) is 0 Å². The Morgan fingerprint density at radius 3 is 2.62 bits per heavy atom. The molecular formula is C25H23N5O4. The van der Waals surface area contributed by atoms with Crippen LogP contribution in [-0.2, 0) is 6.54 Å². The zero-order chi connectivity index (χ0) is 23.5. The number of nitrogens with zero attached hydrogens (tertiary/aromatic N) is 3. The predicted octanol–water partition coefficient (Wildman–Crippen LogP) is 4.06. The lowest BCUT2D eigenvalue weighted by Gasteiger charge is -2.27. The summed E-state index contributed by atoms with van der Waals surface area (Å²) in [5.41, 5.74) is 4.04. The van der Waals surface area contributed by atoms with Crippen LogP contribution in [0.25, 0.3) is 22.6 Å². The summed E-state index contributed by atoms with van der Waals surface area (Å²) < 4.78 is 6.09. The Bertz CT molecular complexity index is 1340. The summed E-state index contributed by atoms with van der Waals surface area (Å²) in [5, 5.41) is 17.1. The lowest BCUT2D eigenvalue weighted by atomic mass is 10.1. The normalized spacial score (nSPS) is 14.2. The smallest absolute Gasteiger partial charge is 0.269 e. The molecule has 34 heavy (non-hydrogen) atoms. The molecule has 2 N–H and O–H groups in total. The molecule has 9 heteroatoms. The van der Waals surface area contributed by atoms with Crippen LogP contribution in [0, 0.1) is 10.1 Å². The maximum Gasteiger partial charge on any atom is 0.269 e. The van der Waals surface area contributed by atoms with Gasteiger partial charge in [-0.3, -0.25) is 19.8 Å². The van der Waals surface area contributed by atoms with Gasteiger partial charge in [-0.2, -0.15) is 0 Å². The molecule has 0 aliphatic carbocycles. The molecule has 0 atom stereocenters. The van der Waals surface area contributed by atoms with Gasteiger partial charge in [0.1, 0.15) is 5.52 Å². The fourth-order valence-electron chi connectivity index (χ4n) is 4.02. The zero-order valence-corrected chi connectivity index (χ0v) is 18.4. The van der Waals surface area contributed by atoms with Crippen LogP contribution in [0.3, 0.4) is 0 Å². The number of fused-ring (bicyclic) bond motifs is 1. The number of anilines is 1. The quantitative estimate of drug-likeness (QED) is 0.332. The van der Waals surface area contributed by atoms with Crippen molar-refractivity contribution < 1.29 is 14.1 Å². The monoisotopic (exact) mass is 457 g/mol. The van der Waals surface area contributed by atoms with E-state index in [-0.39, 0.29) is 11.6 Å². The van der Waals surface area contributed by atoms with E-state index in [1.54, 1.807) is 6.07 Å². The van der Waals surface area contributed by atoms with Crippen molar-refractivity contribution in [2.45, 2.75) is 6.54 Å². The van der Waals surface area contributed by atoms with Gasteiger partial charge in [-0.25, -0.2) is 4.98 Å². The number of oxazole rings is 1. The zero-order valence-electron chi connectivity index (χ0n) is 18.4. The summed E-state index contributed by atoms with van der Waals surface area (Å²) in [6.45, 7) is 4.88. The van der Waals surface area contributed by atoms with Crippen LogP contribution in [0.4, 0.5) is 11.4 Å². The standard InChI is InChI=1S/C25H23N5O4/c31-24(18-6-8-19(9-7-18)30(32)33)27-21-4-2-1-3-20(21)25-28-22-10-5-17(15-23(22)34-25)16-29-13-11-26-12-14-29/h1-10,15,26H,11-14,16H2,(H,27,31). The van der Waals surface area contributed by atoms with Crippen molar-refractivity contribution in [1.82, 2.24) is 15.2 Å². The van der Waals surface area contributed by atoms with Gasteiger partial charge in [0.25, 0.3) is 11.6 Å². The van der Waals surface area contributed by atoms with E-state index < -0.39 is 4.92 Å². The van der Waals surface area contributed by atoms with Gasteiger partial charge in [-0.15, -0.1) is 0 Å². The van der Waals surface area contributed by atoms with Crippen LogP contribution in [0.5, 0.6) is 0 Å². The van der Waals surface area contributed by atoms with Gasteiger partial charge >= 0.3 is 0 Å². The molecule has 2 heterocycles. The number of para-hydroxylation sites is 1. The van der Waals surface area contributed by atoms with Gasteiger partial charge in [-0.05, 0) is 42.0 Å². The number of carbonyl (C=O) groups excluding carboxylic acids is 1. The Hall–Kier alpha value is -4.08. The minimum absolute atomic E-state index is 0.0697. The molecule has 1 amide bonds. The molecule has 172 valence electrons. The average molecular weight is 457 g/mol. The highest BCUT2D eigenvalue weighted by molar-refractivity contribution is 6.06. The number of carbonyl (C=O) groups is 1. The highest BCUT2D eigenvalue weighted by atomic mass is 16.6. The fourth-order valence-corrected chi connectivity index (χ4v) is 4.02. The summed E-state index contributed by atoms with van der Waals surface area (Å²) in [4.78, 5) is 30.1. The molecule has 5 rings (SSSR count). The highest BCUT2D eigenvalue weighted by Gasteiger charge is 2.17. The van der Waals surface area contributed by atoms with Crippen molar-refractivity contribution in [3.05, 3.63) is 88.0 Å². The minimum atomic E-state index is -0.501. The first-order chi connectivity index (χ1) is 16.6. The second-order valence-corrected chi connectivity index (χ2v) is 8.15. The number of nitrogens with one attached hydrogen (secondary N) is 2. The molecule has 3 aromatic carbocycles. The molecule has 1 saturated heterocycles. The number of rotatable bonds is 6. The molecule has 0 bridgehead atoms. The van der Waals surface area contributed by atoms with Gasteiger partial charge in [0.05, 0.1) is 16.2 Å². The number of nitro groups is 1. The van der Waals surface area contributed by atoms with E-state index in [1.165, 1.54) is 24.3 Å². The summed E-state index contributed by atoms with van der Waals surface area (Å²) >= 11 is 0. The summed E-state index contributed by atoms with van der Waals surface area (Å²) in [7, 11) is 0. The molecule has 0 radical (unpaired) electrons. The summed E-state index contributed by atoms with van der Waals surface area (Å²) in [6.07, 6.45) is 0. The van der Waals surface area contributed by atoms with E-state index in [0.717, 1.165) is 43.8 Å².